The average Bonchev–Trinajstić information content (AvgIpc) is 2.57. The number of rotatable bonds is 5. The number of amides is 2. The molecule has 2 rings (SSSR count). The molecule has 0 spiro atoms. The second-order valence-corrected chi connectivity index (χ2v) is 5.84. The molecule has 2 aromatic carbocycles. The third-order valence-corrected chi connectivity index (χ3v) is 4.25. The van der Waals surface area contributed by atoms with Crippen LogP contribution in [0.4, 0.5) is 5.69 Å². The number of carbonyl (C=O) groups excluding carboxylic acids is 2. The summed E-state index contributed by atoms with van der Waals surface area (Å²) in [5, 5.41) is 2.83. The Hall–Kier alpha value is -2.14. The van der Waals surface area contributed by atoms with Gasteiger partial charge in [0, 0.05) is 28.8 Å². The summed E-state index contributed by atoms with van der Waals surface area (Å²) in [5.41, 5.74) is 1.84. The van der Waals surface area contributed by atoms with Gasteiger partial charge in [-0.3, -0.25) is 9.59 Å². The van der Waals surface area contributed by atoms with Crippen molar-refractivity contribution in [2.45, 2.75) is 13.8 Å². The highest BCUT2D eigenvalue weighted by atomic mass is 79.9. The molecule has 2 aromatic rings. The Morgan fingerprint density at radius 1 is 1.00 bits per heavy atom. The predicted molar refractivity (Wildman–Crippen MR) is 95.8 cm³/mol. The standard InChI is InChI=1S/C18H19BrN2O2/c1-3-21(4-2)18(23)13-9-11-14(12-10-13)20-17(22)15-7-5-6-8-16(15)19/h5-12H,3-4H2,1-2H3,(H,20,22). The molecular weight excluding hydrogens is 356 g/mol. The minimum Gasteiger partial charge on any atom is -0.339 e. The van der Waals surface area contributed by atoms with Crippen molar-refractivity contribution >= 4 is 33.4 Å². The van der Waals surface area contributed by atoms with Gasteiger partial charge >= 0.3 is 0 Å². The van der Waals surface area contributed by atoms with Gasteiger partial charge in [0.05, 0.1) is 5.56 Å². The second kappa shape index (κ2) is 7.92. The Kier molecular flexibility index (Phi) is 5.93. The first-order chi connectivity index (χ1) is 11.1. The molecule has 0 aliphatic carbocycles. The van der Waals surface area contributed by atoms with Crippen molar-refractivity contribution in [1.82, 2.24) is 4.90 Å². The quantitative estimate of drug-likeness (QED) is 0.852. The highest BCUT2D eigenvalue weighted by Gasteiger charge is 2.13. The van der Waals surface area contributed by atoms with Crippen molar-refractivity contribution in [1.29, 1.82) is 0 Å². The maximum atomic E-state index is 12.2. The van der Waals surface area contributed by atoms with Gasteiger partial charge in [0.2, 0.25) is 0 Å². The molecule has 120 valence electrons. The summed E-state index contributed by atoms with van der Waals surface area (Å²) >= 11 is 3.36. The molecule has 0 unspecified atom stereocenters. The molecule has 0 aliphatic heterocycles. The average molecular weight is 375 g/mol. The first-order valence-corrected chi connectivity index (χ1v) is 8.31. The molecule has 0 fully saturated rings. The lowest BCUT2D eigenvalue weighted by atomic mass is 10.1. The Morgan fingerprint density at radius 2 is 1.61 bits per heavy atom. The van der Waals surface area contributed by atoms with Crippen molar-refractivity contribution in [3.63, 3.8) is 0 Å². The van der Waals surface area contributed by atoms with Crippen LogP contribution in [0.15, 0.2) is 53.0 Å². The second-order valence-electron chi connectivity index (χ2n) is 4.99. The van der Waals surface area contributed by atoms with E-state index in [2.05, 4.69) is 21.2 Å². The fraction of sp³-hybridized carbons (Fsp3) is 0.222. The Bertz CT molecular complexity index is 694. The van der Waals surface area contributed by atoms with Crippen LogP contribution in [0.5, 0.6) is 0 Å². The zero-order valence-electron chi connectivity index (χ0n) is 13.2. The lowest BCUT2D eigenvalue weighted by molar-refractivity contribution is 0.0773. The van der Waals surface area contributed by atoms with Crippen LogP contribution in [-0.2, 0) is 0 Å². The minimum absolute atomic E-state index is 0.00122. The largest absolute Gasteiger partial charge is 0.339 e. The molecule has 5 heteroatoms. The Morgan fingerprint density at radius 3 is 2.17 bits per heavy atom. The third kappa shape index (κ3) is 4.20. The van der Waals surface area contributed by atoms with E-state index >= 15 is 0 Å². The van der Waals surface area contributed by atoms with Crippen molar-refractivity contribution in [2.24, 2.45) is 0 Å². The smallest absolute Gasteiger partial charge is 0.256 e. The summed E-state index contributed by atoms with van der Waals surface area (Å²) in [5.74, 6) is -0.195. The molecular formula is C18H19BrN2O2. The van der Waals surface area contributed by atoms with E-state index in [1.54, 1.807) is 35.2 Å². The van der Waals surface area contributed by atoms with Crippen LogP contribution in [0, 0.1) is 0 Å². The number of anilines is 1. The van der Waals surface area contributed by atoms with Gasteiger partial charge in [-0.25, -0.2) is 0 Å². The maximum absolute atomic E-state index is 12.2. The van der Waals surface area contributed by atoms with Crippen LogP contribution in [-0.4, -0.2) is 29.8 Å². The SMILES string of the molecule is CCN(CC)C(=O)c1ccc(NC(=O)c2ccccc2Br)cc1. The minimum atomic E-state index is -0.194. The Labute approximate surface area is 144 Å². The van der Waals surface area contributed by atoms with Crippen molar-refractivity contribution in [3.05, 3.63) is 64.1 Å². The van der Waals surface area contributed by atoms with Gasteiger partial charge in [0.15, 0.2) is 0 Å². The van der Waals surface area contributed by atoms with E-state index in [1.807, 2.05) is 32.0 Å². The first-order valence-electron chi connectivity index (χ1n) is 7.52. The molecule has 0 saturated carbocycles. The van der Waals surface area contributed by atoms with E-state index in [0.29, 0.717) is 29.9 Å². The van der Waals surface area contributed by atoms with Gasteiger partial charge in [0.1, 0.15) is 0 Å². The molecule has 0 atom stereocenters. The van der Waals surface area contributed by atoms with Crippen LogP contribution in [0.3, 0.4) is 0 Å². The van der Waals surface area contributed by atoms with Gasteiger partial charge in [0.25, 0.3) is 11.8 Å². The van der Waals surface area contributed by atoms with Crippen molar-refractivity contribution < 1.29 is 9.59 Å². The van der Waals surface area contributed by atoms with Gasteiger partial charge < -0.3 is 10.2 Å². The molecule has 23 heavy (non-hydrogen) atoms. The molecule has 0 bridgehead atoms. The number of nitrogens with one attached hydrogen (secondary N) is 1. The lowest BCUT2D eigenvalue weighted by Gasteiger charge is -2.18. The monoisotopic (exact) mass is 374 g/mol. The zero-order valence-corrected chi connectivity index (χ0v) is 14.8. The molecule has 2 amide bonds. The van der Waals surface area contributed by atoms with E-state index in [4.69, 9.17) is 0 Å². The van der Waals surface area contributed by atoms with E-state index < -0.39 is 0 Å². The number of carbonyl (C=O) groups is 2. The van der Waals surface area contributed by atoms with Crippen LogP contribution in [0.1, 0.15) is 34.6 Å². The van der Waals surface area contributed by atoms with Crippen molar-refractivity contribution in [3.8, 4) is 0 Å². The summed E-state index contributed by atoms with van der Waals surface area (Å²) < 4.78 is 0.742. The van der Waals surface area contributed by atoms with Crippen molar-refractivity contribution in [2.75, 3.05) is 18.4 Å². The predicted octanol–water partition coefficient (Wildman–Crippen LogP) is 4.18. The van der Waals surface area contributed by atoms with Crippen LogP contribution >= 0.6 is 15.9 Å². The molecule has 0 heterocycles. The van der Waals surface area contributed by atoms with Gasteiger partial charge in [-0.05, 0) is 66.2 Å². The topological polar surface area (TPSA) is 49.4 Å². The molecule has 0 radical (unpaired) electrons. The number of hydrogen-bond donors (Lipinski definition) is 1. The molecule has 1 N–H and O–H groups in total. The first kappa shape index (κ1) is 17.2. The summed E-state index contributed by atoms with van der Waals surface area (Å²) in [6.45, 7) is 5.26. The lowest BCUT2D eigenvalue weighted by Crippen LogP contribution is -2.30. The number of benzene rings is 2. The van der Waals surface area contributed by atoms with Crippen LogP contribution in [0.2, 0.25) is 0 Å². The number of halogens is 1. The maximum Gasteiger partial charge on any atom is 0.256 e. The summed E-state index contributed by atoms with van der Waals surface area (Å²) in [6.07, 6.45) is 0. The van der Waals surface area contributed by atoms with E-state index in [-0.39, 0.29) is 11.8 Å². The summed E-state index contributed by atoms with van der Waals surface area (Å²) in [7, 11) is 0. The zero-order chi connectivity index (χ0) is 16.8. The van der Waals surface area contributed by atoms with Gasteiger partial charge in [-0.1, -0.05) is 12.1 Å². The number of hydrogen-bond acceptors (Lipinski definition) is 2. The van der Waals surface area contributed by atoms with Gasteiger partial charge in [-0.15, -0.1) is 0 Å². The molecule has 0 aliphatic rings. The fourth-order valence-electron chi connectivity index (χ4n) is 2.23. The third-order valence-electron chi connectivity index (χ3n) is 3.56. The van der Waals surface area contributed by atoms with E-state index in [0.717, 1.165) is 4.47 Å². The summed E-state index contributed by atoms with van der Waals surface area (Å²) in [6, 6.07) is 14.2. The highest BCUT2D eigenvalue weighted by molar-refractivity contribution is 9.10. The number of nitrogens with zero attached hydrogens (tertiary/aromatic N) is 1. The molecule has 4 nitrogen and oxygen atoms in total. The normalized spacial score (nSPS) is 10.2. The van der Waals surface area contributed by atoms with Gasteiger partial charge in [-0.2, -0.15) is 0 Å². The highest BCUT2D eigenvalue weighted by Crippen LogP contribution is 2.18. The molecule has 0 aromatic heterocycles. The van der Waals surface area contributed by atoms with E-state index in [1.165, 1.54) is 0 Å². The molecule has 0 saturated heterocycles. The summed E-state index contributed by atoms with van der Waals surface area (Å²) in [4.78, 5) is 26.2. The van der Waals surface area contributed by atoms with Crippen LogP contribution in [0.25, 0.3) is 0 Å². The fourth-order valence-corrected chi connectivity index (χ4v) is 2.70. The van der Waals surface area contributed by atoms with Crippen LogP contribution < -0.4 is 5.32 Å². The van der Waals surface area contributed by atoms with E-state index in [9.17, 15) is 9.59 Å². The Balaban J connectivity index is 2.10.